The topological polar surface area (TPSA) is 91.7 Å². The Labute approximate surface area is 169 Å². The lowest BCUT2D eigenvalue weighted by Gasteiger charge is -2.18. The lowest BCUT2D eigenvalue weighted by atomic mass is 9.99. The summed E-state index contributed by atoms with van der Waals surface area (Å²) in [7, 11) is 0. The normalized spacial score (nSPS) is 18.9. The van der Waals surface area contributed by atoms with Crippen molar-refractivity contribution < 1.29 is 23.2 Å². The van der Waals surface area contributed by atoms with Gasteiger partial charge in [0.05, 0.1) is 5.02 Å². The van der Waals surface area contributed by atoms with Gasteiger partial charge >= 0.3 is 6.03 Å². The first-order valence-electron chi connectivity index (χ1n) is 8.66. The maximum Gasteiger partial charge on any atom is 0.325 e. The van der Waals surface area contributed by atoms with Gasteiger partial charge in [0.15, 0.2) is 5.54 Å². The van der Waals surface area contributed by atoms with Gasteiger partial charge in [-0.25, -0.2) is 9.18 Å². The monoisotopic (exact) mass is 415 g/mol. The molecule has 4 rings (SSSR count). The van der Waals surface area contributed by atoms with Gasteiger partial charge in [0, 0.05) is 11.1 Å². The highest BCUT2D eigenvalue weighted by Crippen LogP contribution is 2.33. The summed E-state index contributed by atoms with van der Waals surface area (Å²) >= 11 is 5.69. The number of hydrogen-bond acceptors (Lipinski definition) is 4. The van der Waals surface area contributed by atoms with E-state index in [1.807, 2.05) is 12.1 Å². The van der Waals surface area contributed by atoms with E-state index < -0.39 is 35.7 Å². The average Bonchev–Trinajstić information content (AvgIpc) is 3.21. The zero-order valence-electron chi connectivity index (χ0n) is 15.2. The van der Waals surface area contributed by atoms with Crippen molar-refractivity contribution in [3.05, 3.63) is 65.1 Å². The molecule has 2 heterocycles. The third-order valence-corrected chi connectivity index (χ3v) is 4.99. The predicted octanol–water partition coefficient (Wildman–Crippen LogP) is 3.63. The second kappa shape index (κ2) is 6.89. The van der Waals surface area contributed by atoms with Gasteiger partial charge in [-0.1, -0.05) is 29.8 Å². The van der Waals surface area contributed by atoms with E-state index in [0.29, 0.717) is 5.58 Å². The predicted molar refractivity (Wildman–Crippen MR) is 104 cm³/mol. The molecule has 4 amide bonds. The van der Waals surface area contributed by atoms with E-state index in [1.54, 1.807) is 18.2 Å². The van der Waals surface area contributed by atoms with Crippen LogP contribution in [0.25, 0.3) is 11.0 Å². The Bertz CT molecular complexity index is 1130. The van der Waals surface area contributed by atoms with Crippen LogP contribution in [0.3, 0.4) is 0 Å². The number of furan rings is 1. The molecule has 1 atom stereocenters. The van der Waals surface area contributed by atoms with E-state index in [-0.39, 0.29) is 16.5 Å². The number of nitrogens with zero attached hydrogens (tertiary/aromatic N) is 1. The third kappa shape index (κ3) is 3.31. The van der Waals surface area contributed by atoms with Crippen molar-refractivity contribution in [2.45, 2.75) is 12.5 Å². The molecule has 3 aromatic rings. The van der Waals surface area contributed by atoms with E-state index in [9.17, 15) is 18.8 Å². The van der Waals surface area contributed by atoms with Crippen LogP contribution in [0.15, 0.2) is 52.9 Å². The van der Waals surface area contributed by atoms with Gasteiger partial charge in [0.1, 0.15) is 23.7 Å². The molecule has 0 radical (unpaired) electrons. The molecule has 2 N–H and O–H groups in total. The molecule has 0 saturated carbocycles. The highest BCUT2D eigenvalue weighted by atomic mass is 35.5. The molecular weight excluding hydrogens is 401 g/mol. The van der Waals surface area contributed by atoms with Crippen molar-refractivity contribution in [1.82, 2.24) is 10.2 Å². The zero-order chi connectivity index (χ0) is 20.8. The number of para-hydroxylation sites is 1. The van der Waals surface area contributed by atoms with Crippen LogP contribution in [0, 0.1) is 5.82 Å². The summed E-state index contributed by atoms with van der Waals surface area (Å²) in [5, 5.41) is 5.70. The lowest BCUT2D eigenvalue weighted by molar-refractivity contribution is -0.134. The van der Waals surface area contributed by atoms with Crippen LogP contribution in [0.1, 0.15) is 12.7 Å². The van der Waals surface area contributed by atoms with Gasteiger partial charge in [-0.05, 0) is 37.3 Å². The molecular formula is C20H15ClFN3O4. The minimum atomic E-state index is -1.43. The molecule has 0 aliphatic carbocycles. The molecule has 1 saturated heterocycles. The number of carbonyl (C=O) groups is 3. The van der Waals surface area contributed by atoms with Crippen LogP contribution in [-0.2, 0) is 15.1 Å². The highest BCUT2D eigenvalue weighted by Gasteiger charge is 2.51. The Morgan fingerprint density at radius 2 is 2.00 bits per heavy atom. The van der Waals surface area contributed by atoms with Crippen molar-refractivity contribution in [1.29, 1.82) is 0 Å². The molecule has 1 aromatic heterocycles. The van der Waals surface area contributed by atoms with Crippen LogP contribution in [0.5, 0.6) is 0 Å². The van der Waals surface area contributed by atoms with Gasteiger partial charge in [0.25, 0.3) is 5.91 Å². The maximum absolute atomic E-state index is 13.2. The Balaban J connectivity index is 1.53. The number of urea groups is 1. The fraction of sp³-hybridized carbons (Fsp3) is 0.150. The van der Waals surface area contributed by atoms with Gasteiger partial charge in [-0.3, -0.25) is 14.5 Å². The van der Waals surface area contributed by atoms with E-state index in [1.165, 1.54) is 19.1 Å². The first kappa shape index (κ1) is 18.9. The van der Waals surface area contributed by atoms with Crippen molar-refractivity contribution in [2.75, 3.05) is 11.9 Å². The molecule has 1 unspecified atom stereocenters. The van der Waals surface area contributed by atoms with Crippen LogP contribution >= 0.6 is 11.6 Å². The molecule has 148 valence electrons. The minimum absolute atomic E-state index is 0.157. The molecule has 9 heteroatoms. The molecule has 1 aliphatic rings. The third-order valence-electron chi connectivity index (χ3n) is 4.70. The second-order valence-corrected chi connectivity index (χ2v) is 7.18. The van der Waals surface area contributed by atoms with Crippen LogP contribution in [0.4, 0.5) is 14.9 Å². The van der Waals surface area contributed by atoms with Gasteiger partial charge in [-0.15, -0.1) is 0 Å². The number of hydrogen-bond donors (Lipinski definition) is 2. The van der Waals surface area contributed by atoms with Crippen LogP contribution in [-0.4, -0.2) is 29.3 Å². The number of nitrogens with one attached hydrogen (secondary N) is 2. The summed E-state index contributed by atoms with van der Waals surface area (Å²) in [6, 6.07) is 11.8. The Morgan fingerprint density at radius 3 is 2.72 bits per heavy atom. The van der Waals surface area contributed by atoms with Crippen molar-refractivity contribution >= 4 is 46.1 Å². The number of benzene rings is 2. The molecule has 7 nitrogen and oxygen atoms in total. The van der Waals surface area contributed by atoms with E-state index in [2.05, 4.69) is 10.6 Å². The Morgan fingerprint density at radius 1 is 1.24 bits per heavy atom. The Hall–Kier alpha value is -3.39. The van der Waals surface area contributed by atoms with Crippen molar-refractivity contribution in [3.8, 4) is 0 Å². The molecule has 1 fully saturated rings. The van der Waals surface area contributed by atoms with Gasteiger partial charge in [-0.2, -0.15) is 0 Å². The quantitative estimate of drug-likeness (QED) is 0.636. The Kier molecular flexibility index (Phi) is 4.50. The first-order valence-corrected chi connectivity index (χ1v) is 9.04. The van der Waals surface area contributed by atoms with E-state index in [0.717, 1.165) is 16.4 Å². The highest BCUT2D eigenvalue weighted by molar-refractivity contribution is 6.31. The smallest absolute Gasteiger partial charge is 0.325 e. The fourth-order valence-corrected chi connectivity index (χ4v) is 3.33. The summed E-state index contributed by atoms with van der Waals surface area (Å²) in [5.74, 6) is -1.61. The van der Waals surface area contributed by atoms with Crippen LogP contribution in [0.2, 0.25) is 5.02 Å². The van der Waals surface area contributed by atoms with E-state index in [4.69, 9.17) is 16.0 Å². The maximum atomic E-state index is 13.2. The van der Waals surface area contributed by atoms with Gasteiger partial charge < -0.3 is 15.1 Å². The van der Waals surface area contributed by atoms with Crippen molar-refractivity contribution in [3.63, 3.8) is 0 Å². The van der Waals surface area contributed by atoms with Crippen molar-refractivity contribution in [2.24, 2.45) is 0 Å². The summed E-state index contributed by atoms with van der Waals surface area (Å²) in [4.78, 5) is 38.4. The summed E-state index contributed by atoms with van der Waals surface area (Å²) in [6.07, 6.45) is 0. The fourth-order valence-electron chi connectivity index (χ4n) is 3.15. The average molecular weight is 416 g/mol. The number of anilines is 1. The summed E-state index contributed by atoms with van der Waals surface area (Å²) in [6.45, 7) is 0.998. The second-order valence-electron chi connectivity index (χ2n) is 6.77. The summed E-state index contributed by atoms with van der Waals surface area (Å²) in [5.41, 5.74) is -0.612. The zero-order valence-corrected chi connectivity index (χ0v) is 15.9. The number of imide groups is 1. The van der Waals surface area contributed by atoms with E-state index >= 15 is 0 Å². The number of amides is 4. The molecule has 0 spiro atoms. The summed E-state index contributed by atoms with van der Waals surface area (Å²) < 4.78 is 19.0. The molecule has 29 heavy (non-hydrogen) atoms. The lowest BCUT2D eigenvalue weighted by Crippen LogP contribution is -2.41. The first-order chi connectivity index (χ1) is 13.8. The molecule has 0 bridgehead atoms. The van der Waals surface area contributed by atoms with Crippen LogP contribution < -0.4 is 10.6 Å². The minimum Gasteiger partial charge on any atom is -0.458 e. The largest absolute Gasteiger partial charge is 0.458 e. The molecule has 1 aliphatic heterocycles. The number of rotatable bonds is 4. The standard InChI is InChI=1S/C20H15ClFN3O4/c1-20(16-8-11-4-2-3-5-15(11)29-16)18(27)25(19(28)24-20)10-17(26)23-12-6-7-14(22)13(21)9-12/h2-9H,10H2,1H3,(H,23,26)(H,24,28). The number of halogens is 2. The number of fused-ring (bicyclic) bond motifs is 1. The SMILES string of the molecule is CC1(c2cc3ccccc3o2)NC(=O)N(CC(=O)Nc2ccc(F)c(Cl)c2)C1=O. The molecule has 2 aromatic carbocycles. The van der Waals surface area contributed by atoms with Gasteiger partial charge in [0.2, 0.25) is 5.91 Å². The number of carbonyl (C=O) groups excluding carboxylic acids is 3.